The number of nitrogens with one attached hydrogen (secondary N) is 1. The van der Waals surface area contributed by atoms with Gasteiger partial charge in [0, 0.05) is 0 Å². The minimum Gasteiger partial charge on any atom is -0.412 e. The lowest BCUT2D eigenvalue weighted by Gasteiger charge is -2.20. The fraction of sp³-hybridized carbons (Fsp3) is 0.429. The van der Waals surface area contributed by atoms with Gasteiger partial charge in [-0.3, -0.25) is 0 Å². The topological polar surface area (TPSA) is 43.5 Å². The monoisotopic (exact) mass is 313 g/mol. The predicted octanol–water partition coefficient (Wildman–Crippen LogP) is 4.90. The lowest BCUT2D eigenvalue weighted by atomic mass is 9.98. The first-order chi connectivity index (χ1) is 10.9. The second kappa shape index (κ2) is 11.9. The molecule has 0 aliphatic carbocycles. The van der Waals surface area contributed by atoms with Crippen molar-refractivity contribution in [2.24, 2.45) is 0 Å². The SMILES string of the molecule is CCCCCCCCNC(c1ccccc1)c1ccccc1.O. The van der Waals surface area contributed by atoms with Gasteiger partial charge in [-0.1, -0.05) is 99.7 Å². The molecular formula is C21H31NO. The van der Waals surface area contributed by atoms with Crippen molar-refractivity contribution in [2.75, 3.05) is 6.54 Å². The molecule has 2 aromatic rings. The van der Waals surface area contributed by atoms with Crippen LogP contribution in [0.5, 0.6) is 0 Å². The highest BCUT2D eigenvalue weighted by Crippen LogP contribution is 2.21. The van der Waals surface area contributed by atoms with Gasteiger partial charge in [0.15, 0.2) is 0 Å². The van der Waals surface area contributed by atoms with Gasteiger partial charge in [0.05, 0.1) is 6.04 Å². The van der Waals surface area contributed by atoms with Crippen molar-refractivity contribution >= 4 is 0 Å². The zero-order valence-corrected chi connectivity index (χ0v) is 14.3. The molecule has 0 heterocycles. The molecule has 2 aromatic carbocycles. The molecule has 2 rings (SSSR count). The molecule has 0 amide bonds. The summed E-state index contributed by atoms with van der Waals surface area (Å²) in [6, 6.07) is 21.8. The Bertz CT molecular complexity index is 458. The molecule has 0 aromatic heterocycles. The van der Waals surface area contributed by atoms with Crippen molar-refractivity contribution in [3.05, 3.63) is 71.8 Å². The lowest BCUT2D eigenvalue weighted by molar-refractivity contribution is 0.542. The Kier molecular flexibility index (Phi) is 10.0. The van der Waals surface area contributed by atoms with Gasteiger partial charge in [-0.25, -0.2) is 0 Å². The average Bonchev–Trinajstić information content (AvgIpc) is 2.59. The zero-order valence-electron chi connectivity index (χ0n) is 14.3. The largest absolute Gasteiger partial charge is 0.412 e. The van der Waals surface area contributed by atoms with Crippen LogP contribution >= 0.6 is 0 Å². The Morgan fingerprint density at radius 1 is 0.696 bits per heavy atom. The standard InChI is InChI=1S/C21H29N.H2O/c1-2-3-4-5-6-13-18-22-21(19-14-9-7-10-15-19)20-16-11-8-12-17-20;/h7-12,14-17,21-22H,2-6,13,18H2,1H3;1H2. The highest BCUT2D eigenvalue weighted by atomic mass is 16.0. The van der Waals surface area contributed by atoms with E-state index in [1.807, 2.05) is 0 Å². The van der Waals surface area contributed by atoms with Crippen LogP contribution in [0.25, 0.3) is 0 Å². The molecule has 126 valence electrons. The Balaban J connectivity index is 0.00000264. The predicted molar refractivity (Wildman–Crippen MR) is 99.7 cm³/mol. The molecular weight excluding hydrogens is 282 g/mol. The number of benzene rings is 2. The van der Waals surface area contributed by atoms with E-state index in [4.69, 9.17) is 0 Å². The molecule has 0 bridgehead atoms. The molecule has 0 atom stereocenters. The maximum atomic E-state index is 3.74. The maximum Gasteiger partial charge on any atom is 0.0576 e. The first kappa shape index (κ1) is 19.4. The molecule has 2 heteroatoms. The van der Waals surface area contributed by atoms with E-state index in [1.165, 1.54) is 49.7 Å². The molecule has 0 aliphatic rings. The molecule has 0 unspecified atom stereocenters. The number of hydrogen-bond donors (Lipinski definition) is 1. The van der Waals surface area contributed by atoms with Crippen LogP contribution in [0.1, 0.15) is 62.6 Å². The fourth-order valence-corrected chi connectivity index (χ4v) is 2.87. The van der Waals surface area contributed by atoms with Crippen molar-refractivity contribution in [1.29, 1.82) is 0 Å². The van der Waals surface area contributed by atoms with Crippen LogP contribution in [-0.4, -0.2) is 12.0 Å². The van der Waals surface area contributed by atoms with Crippen LogP contribution in [0.3, 0.4) is 0 Å². The van der Waals surface area contributed by atoms with Crippen molar-refractivity contribution in [2.45, 2.75) is 51.5 Å². The van der Waals surface area contributed by atoms with E-state index in [2.05, 4.69) is 72.9 Å². The lowest BCUT2D eigenvalue weighted by Crippen LogP contribution is -2.23. The quantitative estimate of drug-likeness (QED) is 0.623. The molecule has 0 radical (unpaired) electrons. The Hall–Kier alpha value is -1.64. The van der Waals surface area contributed by atoms with Crippen molar-refractivity contribution < 1.29 is 5.48 Å². The first-order valence-corrected chi connectivity index (χ1v) is 8.75. The molecule has 2 nitrogen and oxygen atoms in total. The van der Waals surface area contributed by atoms with Crippen molar-refractivity contribution in [3.63, 3.8) is 0 Å². The smallest absolute Gasteiger partial charge is 0.0576 e. The fourth-order valence-electron chi connectivity index (χ4n) is 2.87. The van der Waals surface area contributed by atoms with Crippen molar-refractivity contribution in [3.8, 4) is 0 Å². The average molecular weight is 313 g/mol. The summed E-state index contributed by atoms with van der Waals surface area (Å²) < 4.78 is 0. The summed E-state index contributed by atoms with van der Waals surface area (Å²) in [5, 5.41) is 3.74. The molecule has 3 N–H and O–H groups in total. The highest BCUT2D eigenvalue weighted by molar-refractivity contribution is 5.31. The molecule has 0 saturated heterocycles. The van der Waals surface area contributed by atoms with Crippen LogP contribution in [0.15, 0.2) is 60.7 Å². The van der Waals surface area contributed by atoms with Gasteiger partial charge in [-0.15, -0.1) is 0 Å². The Morgan fingerprint density at radius 3 is 1.70 bits per heavy atom. The van der Waals surface area contributed by atoms with Gasteiger partial charge in [-0.2, -0.15) is 0 Å². The van der Waals surface area contributed by atoms with E-state index >= 15 is 0 Å². The number of unbranched alkanes of at least 4 members (excludes halogenated alkanes) is 5. The maximum absolute atomic E-state index is 3.74. The summed E-state index contributed by atoms with van der Waals surface area (Å²) in [5.41, 5.74) is 2.69. The Labute approximate surface area is 141 Å². The van der Waals surface area contributed by atoms with E-state index in [9.17, 15) is 0 Å². The molecule has 0 spiro atoms. The minimum atomic E-state index is 0. The highest BCUT2D eigenvalue weighted by Gasteiger charge is 2.12. The molecule has 0 aliphatic heterocycles. The number of rotatable bonds is 10. The summed E-state index contributed by atoms with van der Waals surface area (Å²) in [6.45, 7) is 3.35. The third-order valence-electron chi connectivity index (χ3n) is 4.14. The van der Waals surface area contributed by atoms with Crippen LogP contribution in [-0.2, 0) is 0 Å². The third kappa shape index (κ3) is 6.98. The summed E-state index contributed by atoms with van der Waals surface area (Å²) in [6.07, 6.45) is 8.06. The van der Waals surface area contributed by atoms with Gasteiger partial charge >= 0.3 is 0 Å². The molecule has 0 saturated carbocycles. The molecule has 23 heavy (non-hydrogen) atoms. The first-order valence-electron chi connectivity index (χ1n) is 8.75. The van der Waals surface area contributed by atoms with Gasteiger partial charge in [0.2, 0.25) is 0 Å². The minimum absolute atomic E-state index is 0. The van der Waals surface area contributed by atoms with Crippen LogP contribution in [0.4, 0.5) is 0 Å². The van der Waals surface area contributed by atoms with Crippen LogP contribution < -0.4 is 5.32 Å². The summed E-state index contributed by atoms with van der Waals surface area (Å²) in [7, 11) is 0. The van der Waals surface area contributed by atoms with Gasteiger partial charge in [0.1, 0.15) is 0 Å². The second-order valence-electron chi connectivity index (χ2n) is 5.98. The summed E-state index contributed by atoms with van der Waals surface area (Å²) in [4.78, 5) is 0. The summed E-state index contributed by atoms with van der Waals surface area (Å²) in [5.74, 6) is 0. The van der Waals surface area contributed by atoms with Gasteiger partial charge in [-0.05, 0) is 24.1 Å². The Morgan fingerprint density at radius 2 is 1.17 bits per heavy atom. The van der Waals surface area contributed by atoms with E-state index in [0.29, 0.717) is 6.04 Å². The molecule has 0 fully saturated rings. The van der Waals surface area contributed by atoms with Gasteiger partial charge in [0.25, 0.3) is 0 Å². The summed E-state index contributed by atoms with van der Waals surface area (Å²) >= 11 is 0. The third-order valence-corrected chi connectivity index (χ3v) is 4.14. The van der Waals surface area contributed by atoms with Crippen LogP contribution in [0.2, 0.25) is 0 Å². The number of hydrogen-bond acceptors (Lipinski definition) is 1. The van der Waals surface area contributed by atoms with E-state index < -0.39 is 0 Å². The van der Waals surface area contributed by atoms with E-state index in [0.717, 1.165) is 6.54 Å². The van der Waals surface area contributed by atoms with Crippen LogP contribution in [0, 0.1) is 0 Å². The van der Waals surface area contributed by atoms with Gasteiger partial charge < -0.3 is 10.8 Å². The van der Waals surface area contributed by atoms with Crippen molar-refractivity contribution in [1.82, 2.24) is 5.32 Å². The second-order valence-corrected chi connectivity index (χ2v) is 5.98. The van der Waals surface area contributed by atoms with E-state index in [-0.39, 0.29) is 5.48 Å². The van der Waals surface area contributed by atoms with E-state index in [1.54, 1.807) is 0 Å². The normalized spacial score (nSPS) is 10.5. The zero-order chi connectivity index (χ0) is 15.5.